The van der Waals surface area contributed by atoms with E-state index in [1.54, 1.807) is 37.3 Å². The van der Waals surface area contributed by atoms with Crippen LogP contribution in [-0.2, 0) is 16.6 Å². The van der Waals surface area contributed by atoms with Gasteiger partial charge in [-0.3, -0.25) is 9.29 Å². The molecule has 8 heteroatoms. The van der Waals surface area contributed by atoms with Crippen LogP contribution in [-0.4, -0.2) is 19.2 Å². The lowest BCUT2D eigenvalue weighted by Crippen LogP contribution is -2.11. The summed E-state index contributed by atoms with van der Waals surface area (Å²) in [6, 6.07) is 8.30. The van der Waals surface area contributed by atoms with Crippen LogP contribution in [0.2, 0.25) is 0 Å². The summed E-state index contributed by atoms with van der Waals surface area (Å²) < 4.78 is 51.4. The number of anilines is 2. The minimum atomic E-state index is -3.37. The zero-order valence-electron chi connectivity index (χ0n) is 12.2. The molecule has 1 aromatic carbocycles. The van der Waals surface area contributed by atoms with Crippen LogP contribution in [0.15, 0.2) is 36.5 Å². The van der Waals surface area contributed by atoms with Crippen molar-refractivity contribution in [3.63, 3.8) is 0 Å². The van der Waals surface area contributed by atoms with E-state index in [2.05, 4.69) is 10.0 Å². The molecule has 5 nitrogen and oxygen atoms in total. The van der Waals surface area contributed by atoms with Gasteiger partial charge in [-0.1, -0.05) is 6.07 Å². The number of aromatic nitrogens is 1. The number of sulfonamides is 1. The van der Waals surface area contributed by atoms with Gasteiger partial charge in [-0.25, -0.2) is 8.42 Å². The van der Waals surface area contributed by atoms with Crippen molar-refractivity contribution >= 4 is 21.4 Å². The summed E-state index contributed by atoms with van der Waals surface area (Å²) in [5.41, 5.74) is 2.30. The van der Waals surface area contributed by atoms with Crippen molar-refractivity contribution in [2.45, 2.75) is 20.0 Å². The Bertz CT molecular complexity index is 757. The normalized spacial score (nSPS) is 11.7. The molecule has 22 heavy (non-hydrogen) atoms. The van der Waals surface area contributed by atoms with E-state index in [0.717, 1.165) is 16.4 Å². The Morgan fingerprint density at radius 2 is 2.00 bits per heavy atom. The molecule has 120 valence electrons. The van der Waals surface area contributed by atoms with Crippen molar-refractivity contribution in [2.75, 3.05) is 16.3 Å². The van der Waals surface area contributed by atoms with Crippen LogP contribution in [0.1, 0.15) is 17.8 Å². The second-order valence-electron chi connectivity index (χ2n) is 4.94. The molecule has 0 atom stereocenters. The van der Waals surface area contributed by atoms with Gasteiger partial charge in [0.2, 0.25) is 10.0 Å². The van der Waals surface area contributed by atoms with E-state index in [0.29, 0.717) is 17.1 Å². The Balaban J connectivity index is 2.13. The summed E-state index contributed by atoms with van der Waals surface area (Å²) in [6.07, 6.45) is 2.38. The highest BCUT2D eigenvalue weighted by atomic mass is 32.2. The van der Waals surface area contributed by atoms with Gasteiger partial charge in [0.05, 0.1) is 18.5 Å². The molecule has 0 amide bonds. The average molecular weight is 329 g/mol. The fourth-order valence-electron chi connectivity index (χ4n) is 2.00. The third kappa shape index (κ3) is 4.20. The SMILES string of the molecule is Cc1ccc(NCc2cccn2C(F)F)cc1NS(C)(=O)=O. The Kier molecular flexibility index (Phi) is 4.70. The van der Waals surface area contributed by atoms with E-state index in [1.165, 1.54) is 6.20 Å². The predicted octanol–water partition coefficient (Wildman–Crippen LogP) is 3.18. The number of hydrogen-bond donors (Lipinski definition) is 2. The van der Waals surface area contributed by atoms with E-state index in [-0.39, 0.29) is 6.54 Å². The van der Waals surface area contributed by atoms with Gasteiger partial charge >= 0.3 is 6.55 Å². The number of halogens is 2. The molecule has 1 aromatic heterocycles. The molecule has 2 N–H and O–H groups in total. The first-order chi connectivity index (χ1) is 10.3. The Hall–Kier alpha value is -2.09. The molecule has 0 saturated carbocycles. The van der Waals surface area contributed by atoms with Gasteiger partial charge < -0.3 is 5.32 Å². The molecule has 0 bridgehead atoms. The lowest BCUT2D eigenvalue weighted by molar-refractivity contribution is 0.0680. The second-order valence-corrected chi connectivity index (χ2v) is 6.69. The largest absolute Gasteiger partial charge is 0.379 e. The summed E-state index contributed by atoms with van der Waals surface area (Å²) >= 11 is 0. The van der Waals surface area contributed by atoms with E-state index < -0.39 is 16.6 Å². The maximum Gasteiger partial charge on any atom is 0.318 e. The van der Waals surface area contributed by atoms with Crippen molar-refractivity contribution in [3.05, 3.63) is 47.8 Å². The highest BCUT2D eigenvalue weighted by molar-refractivity contribution is 7.92. The summed E-state index contributed by atoms with van der Waals surface area (Å²) in [6.45, 7) is -0.606. The molecule has 0 aliphatic carbocycles. The zero-order valence-corrected chi connectivity index (χ0v) is 13.0. The summed E-state index contributed by atoms with van der Waals surface area (Å²) in [4.78, 5) is 0. The number of aryl methyl sites for hydroxylation is 1. The third-order valence-corrected chi connectivity index (χ3v) is 3.67. The molecule has 2 aromatic rings. The number of rotatable bonds is 6. The molecular weight excluding hydrogens is 312 g/mol. The molecular formula is C14H17F2N3O2S. The van der Waals surface area contributed by atoms with Crippen LogP contribution in [0.4, 0.5) is 20.2 Å². The monoisotopic (exact) mass is 329 g/mol. The highest BCUT2D eigenvalue weighted by Crippen LogP contribution is 2.22. The predicted molar refractivity (Wildman–Crippen MR) is 82.7 cm³/mol. The molecule has 1 heterocycles. The van der Waals surface area contributed by atoms with Crippen LogP contribution in [0.3, 0.4) is 0 Å². The molecule has 2 rings (SSSR count). The zero-order chi connectivity index (χ0) is 16.3. The molecule has 0 unspecified atom stereocenters. The Morgan fingerprint density at radius 3 is 2.64 bits per heavy atom. The first-order valence-electron chi connectivity index (χ1n) is 6.52. The van der Waals surface area contributed by atoms with Crippen LogP contribution in [0.25, 0.3) is 0 Å². The third-order valence-electron chi connectivity index (χ3n) is 3.08. The first-order valence-corrected chi connectivity index (χ1v) is 8.41. The van der Waals surface area contributed by atoms with E-state index >= 15 is 0 Å². The standard InChI is InChI=1S/C14H17F2N3O2S/c1-10-5-6-11(8-13(10)18-22(2,20)21)17-9-12-4-3-7-19(12)14(15)16/h3-8,14,17-18H,9H2,1-2H3. The summed E-state index contributed by atoms with van der Waals surface area (Å²) in [5, 5.41) is 3.01. The number of alkyl halides is 2. The Morgan fingerprint density at radius 1 is 1.27 bits per heavy atom. The lowest BCUT2D eigenvalue weighted by atomic mass is 10.2. The van der Waals surface area contributed by atoms with Crippen LogP contribution in [0.5, 0.6) is 0 Å². The Labute approximate surface area is 128 Å². The van der Waals surface area contributed by atoms with Gasteiger partial charge in [0.15, 0.2) is 0 Å². The average Bonchev–Trinajstić information content (AvgIpc) is 2.86. The van der Waals surface area contributed by atoms with Gasteiger partial charge in [0.1, 0.15) is 0 Å². The molecule has 0 aliphatic rings. The number of nitrogens with one attached hydrogen (secondary N) is 2. The molecule has 0 spiro atoms. The number of benzene rings is 1. The van der Waals surface area contributed by atoms with Crippen LogP contribution < -0.4 is 10.0 Å². The van der Waals surface area contributed by atoms with Gasteiger partial charge in [-0.05, 0) is 36.8 Å². The van der Waals surface area contributed by atoms with Crippen molar-refractivity contribution in [3.8, 4) is 0 Å². The van der Waals surface area contributed by atoms with Gasteiger partial charge in [0.25, 0.3) is 0 Å². The smallest absolute Gasteiger partial charge is 0.318 e. The number of nitrogens with zero attached hydrogens (tertiary/aromatic N) is 1. The lowest BCUT2D eigenvalue weighted by Gasteiger charge is -2.13. The fraction of sp³-hybridized carbons (Fsp3) is 0.286. The van der Waals surface area contributed by atoms with Gasteiger partial charge in [0, 0.05) is 17.6 Å². The van der Waals surface area contributed by atoms with Gasteiger partial charge in [-0.15, -0.1) is 0 Å². The quantitative estimate of drug-likeness (QED) is 0.855. The second kappa shape index (κ2) is 6.35. The van der Waals surface area contributed by atoms with E-state index in [1.807, 2.05) is 0 Å². The molecule has 0 saturated heterocycles. The minimum absolute atomic E-state index is 0.207. The maximum atomic E-state index is 12.7. The fourth-order valence-corrected chi connectivity index (χ4v) is 2.62. The van der Waals surface area contributed by atoms with E-state index in [9.17, 15) is 17.2 Å². The van der Waals surface area contributed by atoms with Crippen molar-refractivity contribution in [1.82, 2.24) is 4.57 Å². The minimum Gasteiger partial charge on any atom is -0.379 e. The highest BCUT2D eigenvalue weighted by Gasteiger charge is 2.10. The van der Waals surface area contributed by atoms with Crippen molar-refractivity contribution < 1.29 is 17.2 Å². The first kappa shape index (κ1) is 16.3. The van der Waals surface area contributed by atoms with E-state index in [4.69, 9.17) is 0 Å². The van der Waals surface area contributed by atoms with Crippen molar-refractivity contribution in [1.29, 1.82) is 0 Å². The number of hydrogen-bond acceptors (Lipinski definition) is 3. The van der Waals surface area contributed by atoms with Crippen LogP contribution in [0, 0.1) is 6.92 Å². The van der Waals surface area contributed by atoms with Crippen LogP contribution >= 0.6 is 0 Å². The summed E-state index contributed by atoms with van der Waals surface area (Å²) in [5.74, 6) is 0. The maximum absolute atomic E-state index is 12.7. The molecule has 0 fully saturated rings. The summed E-state index contributed by atoms with van der Waals surface area (Å²) in [7, 11) is -3.37. The molecule has 0 aliphatic heterocycles. The van der Waals surface area contributed by atoms with Crippen molar-refractivity contribution in [2.24, 2.45) is 0 Å². The van der Waals surface area contributed by atoms with Gasteiger partial charge in [-0.2, -0.15) is 8.78 Å². The molecule has 0 radical (unpaired) electrons. The topological polar surface area (TPSA) is 63.1 Å².